The van der Waals surface area contributed by atoms with Crippen LogP contribution in [0.15, 0.2) is 48.8 Å². The fourth-order valence-electron chi connectivity index (χ4n) is 4.09. The summed E-state index contributed by atoms with van der Waals surface area (Å²) in [5.74, 6) is -1.10. The minimum atomic E-state index is -0.456. The lowest BCUT2D eigenvalue weighted by molar-refractivity contribution is 0.0931. The van der Waals surface area contributed by atoms with Crippen molar-refractivity contribution in [2.24, 2.45) is 0 Å². The number of nitriles is 1. The number of hydrogen-bond acceptors (Lipinski definition) is 5. The zero-order chi connectivity index (χ0) is 24.2. The van der Waals surface area contributed by atoms with E-state index in [1.807, 2.05) is 26.0 Å². The molecule has 0 radical (unpaired) electrons. The van der Waals surface area contributed by atoms with Crippen LogP contribution < -0.4 is 10.6 Å². The van der Waals surface area contributed by atoms with Gasteiger partial charge in [-0.25, -0.2) is 14.4 Å². The van der Waals surface area contributed by atoms with Gasteiger partial charge in [-0.05, 0) is 59.2 Å². The number of benzene rings is 2. The molecule has 2 amide bonds. The molecule has 0 saturated carbocycles. The van der Waals surface area contributed by atoms with E-state index in [1.165, 1.54) is 18.5 Å². The lowest BCUT2D eigenvalue weighted by Crippen LogP contribution is -2.29. The summed E-state index contributed by atoms with van der Waals surface area (Å²) in [6.07, 6.45) is 2.68. The van der Waals surface area contributed by atoms with Gasteiger partial charge in [0, 0.05) is 12.6 Å². The summed E-state index contributed by atoms with van der Waals surface area (Å²) in [6, 6.07) is 13.5. The Labute approximate surface area is 197 Å². The SMILES string of the molecule is CC(C)c1cc(CNC(=O)c2cc(C(=O)N[C@@H]3CCc4cc(C#N)ccc43)ncn2)ccc1F. The predicted molar refractivity (Wildman–Crippen MR) is 123 cm³/mol. The van der Waals surface area contributed by atoms with Gasteiger partial charge >= 0.3 is 0 Å². The third-order valence-corrected chi connectivity index (χ3v) is 5.92. The molecule has 1 aliphatic rings. The van der Waals surface area contributed by atoms with Gasteiger partial charge in [-0.1, -0.05) is 32.0 Å². The molecule has 0 unspecified atom stereocenters. The number of fused-ring (bicyclic) bond motifs is 1. The van der Waals surface area contributed by atoms with Crippen molar-refractivity contribution in [1.29, 1.82) is 5.26 Å². The van der Waals surface area contributed by atoms with Crippen LogP contribution >= 0.6 is 0 Å². The molecular weight excluding hydrogens is 433 g/mol. The monoisotopic (exact) mass is 457 g/mol. The van der Waals surface area contributed by atoms with Crippen molar-refractivity contribution < 1.29 is 14.0 Å². The Morgan fingerprint density at radius 1 is 1.12 bits per heavy atom. The minimum absolute atomic E-state index is 0.0267. The molecule has 1 atom stereocenters. The molecule has 0 bridgehead atoms. The van der Waals surface area contributed by atoms with E-state index < -0.39 is 11.8 Å². The fraction of sp³-hybridized carbons (Fsp3) is 0.269. The highest BCUT2D eigenvalue weighted by atomic mass is 19.1. The number of amides is 2. The van der Waals surface area contributed by atoms with E-state index in [0.29, 0.717) is 11.1 Å². The molecule has 0 fully saturated rings. The number of aryl methyl sites for hydroxylation is 1. The number of halogens is 1. The van der Waals surface area contributed by atoms with Gasteiger partial charge in [-0.2, -0.15) is 5.26 Å². The van der Waals surface area contributed by atoms with E-state index in [-0.39, 0.29) is 35.7 Å². The molecule has 8 heteroatoms. The Bertz CT molecular complexity index is 1300. The average Bonchev–Trinajstić information content (AvgIpc) is 3.24. The van der Waals surface area contributed by atoms with Gasteiger partial charge in [0.15, 0.2) is 0 Å². The number of carbonyl (C=O) groups is 2. The first-order valence-electron chi connectivity index (χ1n) is 11.1. The summed E-state index contributed by atoms with van der Waals surface area (Å²) in [5.41, 5.74) is 4.14. The third kappa shape index (κ3) is 4.94. The quantitative estimate of drug-likeness (QED) is 0.583. The standard InChI is InChI=1S/C26H24FN5O2/c1-15(2)20-10-17(4-7-21(20)27)13-29-25(33)23-11-24(31-14-30-23)26(34)32-22-8-5-18-9-16(12-28)3-6-19(18)22/h3-4,6-7,9-11,14-15,22H,5,8,13H2,1-2H3,(H,29,33)(H,32,34)/t22-/m1/s1. The van der Waals surface area contributed by atoms with Gasteiger partial charge in [0.2, 0.25) is 0 Å². The van der Waals surface area contributed by atoms with Gasteiger partial charge in [0.1, 0.15) is 23.5 Å². The number of nitrogens with one attached hydrogen (secondary N) is 2. The van der Waals surface area contributed by atoms with E-state index in [9.17, 15) is 14.0 Å². The molecule has 0 saturated heterocycles. The summed E-state index contributed by atoms with van der Waals surface area (Å²) < 4.78 is 13.9. The van der Waals surface area contributed by atoms with Crippen molar-refractivity contribution in [2.75, 3.05) is 0 Å². The average molecular weight is 458 g/mol. The molecule has 0 spiro atoms. The largest absolute Gasteiger partial charge is 0.347 e. The summed E-state index contributed by atoms with van der Waals surface area (Å²) in [5, 5.41) is 14.8. The first-order chi connectivity index (χ1) is 16.4. The van der Waals surface area contributed by atoms with E-state index in [2.05, 4.69) is 26.7 Å². The molecular formula is C26H24FN5O2. The highest BCUT2D eigenvalue weighted by molar-refractivity contribution is 5.97. The van der Waals surface area contributed by atoms with Crippen LogP contribution in [0.3, 0.4) is 0 Å². The molecule has 2 N–H and O–H groups in total. The number of carbonyl (C=O) groups excluding carboxylic acids is 2. The highest BCUT2D eigenvalue weighted by Crippen LogP contribution is 2.31. The Hall–Kier alpha value is -4.12. The van der Waals surface area contributed by atoms with E-state index in [4.69, 9.17) is 5.26 Å². The third-order valence-electron chi connectivity index (χ3n) is 5.92. The second-order valence-corrected chi connectivity index (χ2v) is 8.57. The molecule has 1 aromatic heterocycles. The number of nitrogens with zero attached hydrogens (tertiary/aromatic N) is 3. The lowest BCUT2D eigenvalue weighted by Gasteiger charge is -2.14. The maximum absolute atomic E-state index is 13.9. The minimum Gasteiger partial charge on any atom is -0.347 e. The summed E-state index contributed by atoms with van der Waals surface area (Å²) in [7, 11) is 0. The van der Waals surface area contributed by atoms with Gasteiger partial charge in [-0.15, -0.1) is 0 Å². The first-order valence-corrected chi connectivity index (χ1v) is 11.1. The second kappa shape index (κ2) is 9.79. The van der Waals surface area contributed by atoms with Crippen LogP contribution in [0.4, 0.5) is 4.39 Å². The molecule has 34 heavy (non-hydrogen) atoms. The molecule has 7 nitrogen and oxygen atoms in total. The van der Waals surface area contributed by atoms with Gasteiger partial charge in [0.25, 0.3) is 11.8 Å². The lowest BCUT2D eigenvalue weighted by atomic mass is 10.00. The Morgan fingerprint density at radius 3 is 2.62 bits per heavy atom. The first kappa shape index (κ1) is 23.1. The Morgan fingerprint density at radius 2 is 1.88 bits per heavy atom. The predicted octanol–water partition coefficient (Wildman–Crippen LogP) is 3.96. The second-order valence-electron chi connectivity index (χ2n) is 8.57. The summed E-state index contributed by atoms with van der Waals surface area (Å²) >= 11 is 0. The van der Waals surface area contributed by atoms with Gasteiger partial charge in [0.05, 0.1) is 17.7 Å². The number of aromatic nitrogens is 2. The molecule has 1 heterocycles. The van der Waals surface area contributed by atoms with Crippen LogP contribution in [0.25, 0.3) is 0 Å². The van der Waals surface area contributed by atoms with E-state index in [0.717, 1.165) is 29.5 Å². The van der Waals surface area contributed by atoms with Crippen LogP contribution in [-0.2, 0) is 13.0 Å². The normalized spacial score (nSPS) is 14.4. The van der Waals surface area contributed by atoms with Crippen LogP contribution in [0.1, 0.15) is 81.0 Å². The van der Waals surface area contributed by atoms with Crippen LogP contribution in [-0.4, -0.2) is 21.8 Å². The molecule has 172 valence electrons. The van der Waals surface area contributed by atoms with Crippen LogP contribution in [0.5, 0.6) is 0 Å². The summed E-state index contributed by atoms with van der Waals surface area (Å²) in [6.45, 7) is 4.01. The maximum atomic E-state index is 13.9. The number of rotatable bonds is 6. The number of hydrogen-bond donors (Lipinski definition) is 2. The van der Waals surface area contributed by atoms with Crippen LogP contribution in [0.2, 0.25) is 0 Å². The summed E-state index contributed by atoms with van der Waals surface area (Å²) in [4.78, 5) is 33.4. The van der Waals surface area contributed by atoms with Crippen molar-refractivity contribution in [3.63, 3.8) is 0 Å². The molecule has 0 aliphatic heterocycles. The van der Waals surface area contributed by atoms with Crippen molar-refractivity contribution in [1.82, 2.24) is 20.6 Å². The molecule has 2 aromatic carbocycles. The van der Waals surface area contributed by atoms with Crippen LogP contribution in [0, 0.1) is 17.1 Å². The fourth-order valence-corrected chi connectivity index (χ4v) is 4.09. The van der Waals surface area contributed by atoms with Crippen molar-refractivity contribution in [2.45, 2.75) is 45.2 Å². The molecule has 4 rings (SSSR count). The zero-order valence-electron chi connectivity index (χ0n) is 18.9. The highest BCUT2D eigenvalue weighted by Gasteiger charge is 2.25. The van der Waals surface area contributed by atoms with E-state index in [1.54, 1.807) is 18.2 Å². The smallest absolute Gasteiger partial charge is 0.270 e. The maximum Gasteiger partial charge on any atom is 0.270 e. The molecule has 3 aromatic rings. The Kier molecular flexibility index (Phi) is 6.64. The van der Waals surface area contributed by atoms with Gasteiger partial charge in [-0.3, -0.25) is 9.59 Å². The van der Waals surface area contributed by atoms with Crippen molar-refractivity contribution in [3.05, 3.63) is 93.8 Å². The van der Waals surface area contributed by atoms with Gasteiger partial charge < -0.3 is 10.6 Å². The molecule has 1 aliphatic carbocycles. The van der Waals surface area contributed by atoms with E-state index >= 15 is 0 Å². The Balaban J connectivity index is 1.41. The van der Waals surface area contributed by atoms with Crippen molar-refractivity contribution >= 4 is 11.8 Å². The topological polar surface area (TPSA) is 108 Å². The zero-order valence-corrected chi connectivity index (χ0v) is 18.9. The van der Waals surface area contributed by atoms with Crippen molar-refractivity contribution in [3.8, 4) is 6.07 Å².